The van der Waals surface area contributed by atoms with E-state index >= 15 is 0 Å². The second kappa shape index (κ2) is 10.3. The van der Waals surface area contributed by atoms with Crippen LogP contribution in [0.4, 0.5) is 5.95 Å². The standard InChI is InChI=1S/C25H26ClN7O3/c1-14-9-29-11-21(31-14)15-3-4-18(20(26)8-15)19-7-16-10-30-25(28-2)32-23(16)33(24(19)34)6-5-22-35-12-17(27)13-36-22/h3-4,7-11,17,22H,5-6,12-13,27H2,1-2H3,(H,28,30,32). The van der Waals surface area contributed by atoms with E-state index in [-0.39, 0.29) is 11.6 Å². The van der Waals surface area contributed by atoms with Gasteiger partial charge in [0, 0.05) is 59.5 Å². The Morgan fingerprint density at radius 1 is 1.14 bits per heavy atom. The molecule has 0 unspecified atom stereocenters. The summed E-state index contributed by atoms with van der Waals surface area (Å²) in [7, 11) is 1.73. The number of halogens is 1. The van der Waals surface area contributed by atoms with Gasteiger partial charge in [0.2, 0.25) is 5.95 Å². The molecule has 1 aliphatic rings. The molecular weight excluding hydrogens is 482 g/mol. The maximum atomic E-state index is 13.8. The number of nitrogens with one attached hydrogen (secondary N) is 1. The van der Waals surface area contributed by atoms with E-state index in [9.17, 15) is 4.79 Å². The van der Waals surface area contributed by atoms with Crippen molar-refractivity contribution in [2.24, 2.45) is 5.73 Å². The second-order valence-electron chi connectivity index (χ2n) is 8.62. The number of nitrogens with zero attached hydrogens (tertiary/aromatic N) is 5. The zero-order valence-corrected chi connectivity index (χ0v) is 20.7. The van der Waals surface area contributed by atoms with Gasteiger partial charge in [-0.1, -0.05) is 23.7 Å². The molecule has 0 amide bonds. The SMILES string of the molecule is CNc1ncc2cc(-c3ccc(-c4cncc(C)n4)cc3Cl)c(=O)n(CCC3OCC(N)CO3)c2n1. The molecule has 0 atom stereocenters. The first kappa shape index (κ1) is 24.3. The van der Waals surface area contributed by atoms with Crippen molar-refractivity contribution in [1.29, 1.82) is 0 Å². The van der Waals surface area contributed by atoms with Gasteiger partial charge in [-0.3, -0.25) is 14.3 Å². The highest BCUT2D eigenvalue weighted by atomic mass is 35.5. The zero-order chi connectivity index (χ0) is 25.2. The van der Waals surface area contributed by atoms with Gasteiger partial charge in [0.15, 0.2) is 6.29 Å². The molecule has 0 spiro atoms. The molecule has 3 N–H and O–H groups in total. The van der Waals surface area contributed by atoms with Crippen molar-refractivity contribution < 1.29 is 9.47 Å². The zero-order valence-electron chi connectivity index (χ0n) is 19.9. The average Bonchev–Trinajstić information content (AvgIpc) is 2.88. The molecule has 0 saturated carbocycles. The molecule has 0 aliphatic carbocycles. The van der Waals surface area contributed by atoms with Crippen molar-refractivity contribution >= 4 is 28.6 Å². The van der Waals surface area contributed by atoms with E-state index in [4.69, 9.17) is 26.8 Å². The fourth-order valence-corrected chi connectivity index (χ4v) is 4.42. The van der Waals surface area contributed by atoms with Crippen LogP contribution in [0, 0.1) is 6.92 Å². The molecule has 0 radical (unpaired) electrons. The summed E-state index contributed by atoms with van der Waals surface area (Å²) in [6, 6.07) is 7.13. The van der Waals surface area contributed by atoms with Crippen LogP contribution in [0.3, 0.4) is 0 Å². The van der Waals surface area contributed by atoms with Crippen LogP contribution in [0.1, 0.15) is 12.1 Å². The molecule has 10 nitrogen and oxygen atoms in total. The number of aryl methyl sites for hydroxylation is 2. The Morgan fingerprint density at radius 3 is 2.67 bits per heavy atom. The van der Waals surface area contributed by atoms with E-state index < -0.39 is 6.29 Å². The first-order valence-electron chi connectivity index (χ1n) is 11.6. The number of fused-ring (bicyclic) bond motifs is 1. The highest BCUT2D eigenvalue weighted by molar-refractivity contribution is 6.33. The lowest BCUT2D eigenvalue weighted by atomic mass is 10.0. The highest BCUT2D eigenvalue weighted by Gasteiger charge is 2.21. The van der Waals surface area contributed by atoms with Gasteiger partial charge in [-0.15, -0.1) is 0 Å². The summed E-state index contributed by atoms with van der Waals surface area (Å²) in [5.74, 6) is 0.418. The van der Waals surface area contributed by atoms with Crippen LogP contribution in [0.25, 0.3) is 33.4 Å². The van der Waals surface area contributed by atoms with Crippen LogP contribution in [0.5, 0.6) is 0 Å². The van der Waals surface area contributed by atoms with Crippen molar-refractivity contribution in [3.05, 3.63) is 63.9 Å². The second-order valence-corrected chi connectivity index (χ2v) is 9.03. The lowest BCUT2D eigenvalue weighted by molar-refractivity contribution is -0.189. The molecule has 3 aromatic heterocycles. The van der Waals surface area contributed by atoms with Crippen LogP contribution in [0.2, 0.25) is 5.02 Å². The minimum atomic E-state index is -0.445. The van der Waals surface area contributed by atoms with Crippen molar-refractivity contribution in [3.63, 3.8) is 0 Å². The molecular formula is C25H26ClN7O3. The Morgan fingerprint density at radius 2 is 1.94 bits per heavy atom. The Hall–Kier alpha value is -3.44. The van der Waals surface area contributed by atoms with Crippen molar-refractivity contribution in [3.8, 4) is 22.4 Å². The normalized spacial score (nSPS) is 17.9. The fourth-order valence-electron chi connectivity index (χ4n) is 4.13. The van der Waals surface area contributed by atoms with E-state index in [0.717, 1.165) is 11.3 Å². The van der Waals surface area contributed by atoms with E-state index in [1.54, 1.807) is 42.3 Å². The molecule has 4 heterocycles. The molecule has 36 heavy (non-hydrogen) atoms. The first-order chi connectivity index (χ1) is 17.4. The minimum absolute atomic E-state index is 0.144. The predicted octanol–water partition coefficient (Wildman–Crippen LogP) is 3.01. The molecule has 186 valence electrons. The summed E-state index contributed by atoms with van der Waals surface area (Å²) in [6.07, 6.45) is 5.07. The van der Waals surface area contributed by atoms with Crippen molar-refractivity contribution in [1.82, 2.24) is 24.5 Å². The van der Waals surface area contributed by atoms with Gasteiger partial charge < -0.3 is 20.5 Å². The van der Waals surface area contributed by atoms with E-state index in [2.05, 4.69) is 25.3 Å². The summed E-state index contributed by atoms with van der Waals surface area (Å²) in [6.45, 7) is 3.04. The maximum Gasteiger partial charge on any atom is 0.260 e. The summed E-state index contributed by atoms with van der Waals surface area (Å²) in [5.41, 5.74) is 9.51. The van der Waals surface area contributed by atoms with Gasteiger partial charge in [0.05, 0.1) is 36.8 Å². The molecule has 4 aromatic rings. The van der Waals surface area contributed by atoms with Crippen molar-refractivity contribution in [2.75, 3.05) is 25.6 Å². The van der Waals surface area contributed by atoms with Crippen LogP contribution < -0.4 is 16.6 Å². The van der Waals surface area contributed by atoms with E-state index in [0.29, 0.717) is 65.0 Å². The third-order valence-electron chi connectivity index (χ3n) is 5.94. The van der Waals surface area contributed by atoms with Crippen LogP contribution in [0.15, 0.2) is 47.7 Å². The Bertz CT molecular complexity index is 1470. The third kappa shape index (κ3) is 4.93. The van der Waals surface area contributed by atoms with E-state index in [1.807, 2.05) is 19.1 Å². The van der Waals surface area contributed by atoms with Gasteiger partial charge in [-0.2, -0.15) is 4.98 Å². The lowest BCUT2D eigenvalue weighted by Gasteiger charge is -2.27. The summed E-state index contributed by atoms with van der Waals surface area (Å²) >= 11 is 6.70. The number of rotatable bonds is 6. The number of nitrogens with two attached hydrogens (primary N) is 1. The molecule has 1 saturated heterocycles. The number of ether oxygens (including phenoxy) is 2. The monoisotopic (exact) mass is 507 g/mol. The topological polar surface area (TPSA) is 130 Å². The fraction of sp³-hybridized carbons (Fsp3) is 0.320. The molecule has 1 aromatic carbocycles. The van der Waals surface area contributed by atoms with E-state index in [1.165, 1.54) is 0 Å². The molecule has 5 rings (SSSR count). The molecule has 1 aliphatic heterocycles. The van der Waals surface area contributed by atoms with Gasteiger partial charge in [0.25, 0.3) is 5.56 Å². The summed E-state index contributed by atoms with van der Waals surface area (Å²) < 4.78 is 12.9. The summed E-state index contributed by atoms with van der Waals surface area (Å²) in [4.78, 5) is 31.3. The third-order valence-corrected chi connectivity index (χ3v) is 6.25. The van der Waals surface area contributed by atoms with Gasteiger partial charge in [-0.05, 0) is 19.1 Å². The van der Waals surface area contributed by atoms with Gasteiger partial charge in [0.1, 0.15) is 5.65 Å². The number of hydrogen-bond donors (Lipinski definition) is 2. The average molecular weight is 508 g/mol. The molecule has 1 fully saturated rings. The number of benzene rings is 1. The van der Waals surface area contributed by atoms with Crippen LogP contribution in [-0.4, -0.2) is 57.1 Å². The maximum absolute atomic E-state index is 13.8. The predicted molar refractivity (Wildman–Crippen MR) is 138 cm³/mol. The number of pyridine rings is 1. The minimum Gasteiger partial charge on any atom is -0.357 e. The lowest BCUT2D eigenvalue weighted by Crippen LogP contribution is -2.41. The number of aromatic nitrogens is 5. The Balaban J connectivity index is 1.56. The highest BCUT2D eigenvalue weighted by Crippen LogP contribution is 2.31. The van der Waals surface area contributed by atoms with Crippen LogP contribution in [-0.2, 0) is 16.0 Å². The van der Waals surface area contributed by atoms with Crippen LogP contribution >= 0.6 is 11.6 Å². The smallest absolute Gasteiger partial charge is 0.260 e. The first-order valence-corrected chi connectivity index (χ1v) is 12.0. The number of anilines is 1. The molecule has 0 bridgehead atoms. The Kier molecular flexibility index (Phi) is 6.92. The molecule has 11 heteroatoms. The van der Waals surface area contributed by atoms with Gasteiger partial charge >= 0.3 is 0 Å². The summed E-state index contributed by atoms with van der Waals surface area (Å²) in [5, 5.41) is 4.06. The largest absolute Gasteiger partial charge is 0.357 e. The Labute approximate surface area is 212 Å². The van der Waals surface area contributed by atoms with Gasteiger partial charge in [-0.25, -0.2) is 9.97 Å². The van der Waals surface area contributed by atoms with Crippen molar-refractivity contribution in [2.45, 2.75) is 32.2 Å². The quantitative estimate of drug-likeness (QED) is 0.404. The number of hydrogen-bond acceptors (Lipinski definition) is 9.